The summed E-state index contributed by atoms with van der Waals surface area (Å²) in [5.74, 6) is 0.514. The lowest BCUT2D eigenvalue weighted by atomic mass is 10.1. The number of nitrogens with zero attached hydrogens (tertiary/aromatic N) is 2. The molecule has 16 heavy (non-hydrogen) atoms. The molecule has 0 aliphatic carbocycles. The highest BCUT2D eigenvalue weighted by atomic mass is 35.5. The highest BCUT2D eigenvalue weighted by Crippen LogP contribution is 2.13. The summed E-state index contributed by atoms with van der Waals surface area (Å²) in [5.41, 5.74) is 2.46. The molecule has 0 fully saturated rings. The molecule has 0 saturated carbocycles. The van der Waals surface area contributed by atoms with Crippen molar-refractivity contribution in [2.75, 3.05) is 6.54 Å². The summed E-state index contributed by atoms with van der Waals surface area (Å²) >= 11 is 0. The number of aromatic nitrogens is 2. The molecule has 0 bridgehead atoms. The standard InChI is InChI=1S/C12H23N3.ClH/c1-5-6-7-13-9-11-8-12(10(2)3)14-15(11)4;/h8,10,13H,5-7,9H2,1-4H3;1H. The van der Waals surface area contributed by atoms with E-state index in [-0.39, 0.29) is 12.4 Å². The minimum absolute atomic E-state index is 0. The van der Waals surface area contributed by atoms with Gasteiger partial charge in [-0.05, 0) is 24.9 Å². The van der Waals surface area contributed by atoms with Gasteiger partial charge in [-0.3, -0.25) is 4.68 Å². The van der Waals surface area contributed by atoms with Crippen molar-refractivity contribution in [1.82, 2.24) is 15.1 Å². The topological polar surface area (TPSA) is 29.9 Å². The van der Waals surface area contributed by atoms with E-state index in [1.165, 1.54) is 24.2 Å². The second kappa shape index (κ2) is 7.69. The van der Waals surface area contributed by atoms with Gasteiger partial charge >= 0.3 is 0 Å². The van der Waals surface area contributed by atoms with E-state index >= 15 is 0 Å². The first-order valence-electron chi connectivity index (χ1n) is 5.88. The number of hydrogen-bond donors (Lipinski definition) is 1. The van der Waals surface area contributed by atoms with Crippen LogP contribution < -0.4 is 5.32 Å². The molecule has 0 aliphatic rings. The van der Waals surface area contributed by atoms with Crippen molar-refractivity contribution in [1.29, 1.82) is 0 Å². The molecule has 0 amide bonds. The Bertz CT molecular complexity index is 294. The Labute approximate surface area is 105 Å². The van der Waals surface area contributed by atoms with Crippen LogP contribution in [0.3, 0.4) is 0 Å². The largest absolute Gasteiger partial charge is 0.311 e. The molecule has 1 rings (SSSR count). The van der Waals surface area contributed by atoms with E-state index < -0.39 is 0 Å². The highest BCUT2D eigenvalue weighted by molar-refractivity contribution is 5.85. The number of halogens is 1. The number of rotatable bonds is 6. The number of aryl methyl sites for hydroxylation is 1. The lowest BCUT2D eigenvalue weighted by Gasteiger charge is -2.03. The third-order valence-electron chi connectivity index (χ3n) is 2.60. The van der Waals surface area contributed by atoms with Gasteiger partial charge in [-0.1, -0.05) is 27.2 Å². The molecule has 0 aliphatic heterocycles. The van der Waals surface area contributed by atoms with Gasteiger partial charge in [0, 0.05) is 13.6 Å². The second-order valence-electron chi connectivity index (χ2n) is 4.37. The zero-order valence-electron chi connectivity index (χ0n) is 10.8. The van der Waals surface area contributed by atoms with Crippen LogP contribution in [0, 0.1) is 0 Å². The predicted molar refractivity (Wildman–Crippen MR) is 71.2 cm³/mol. The Morgan fingerprint density at radius 2 is 2.12 bits per heavy atom. The molecule has 0 spiro atoms. The van der Waals surface area contributed by atoms with Crippen molar-refractivity contribution in [3.05, 3.63) is 17.5 Å². The first-order chi connectivity index (χ1) is 7.15. The Morgan fingerprint density at radius 3 is 2.62 bits per heavy atom. The molecule has 0 saturated heterocycles. The SMILES string of the molecule is CCCCNCc1cc(C(C)C)nn1C.Cl. The molecule has 0 aromatic carbocycles. The third kappa shape index (κ3) is 4.54. The van der Waals surface area contributed by atoms with E-state index in [1.54, 1.807) is 0 Å². The predicted octanol–water partition coefficient (Wildman–Crippen LogP) is 2.86. The summed E-state index contributed by atoms with van der Waals surface area (Å²) in [4.78, 5) is 0. The van der Waals surface area contributed by atoms with Crippen molar-refractivity contribution in [2.24, 2.45) is 7.05 Å². The molecule has 94 valence electrons. The van der Waals surface area contributed by atoms with Crippen LogP contribution in [0.1, 0.15) is 50.9 Å². The van der Waals surface area contributed by atoms with Gasteiger partial charge in [-0.25, -0.2) is 0 Å². The highest BCUT2D eigenvalue weighted by Gasteiger charge is 2.07. The van der Waals surface area contributed by atoms with Gasteiger partial charge in [0.15, 0.2) is 0 Å². The summed E-state index contributed by atoms with van der Waals surface area (Å²) in [6.45, 7) is 8.59. The molecule has 1 aromatic heterocycles. The fourth-order valence-corrected chi connectivity index (χ4v) is 1.50. The Morgan fingerprint density at radius 1 is 1.44 bits per heavy atom. The van der Waals surface area contributed by atoms with Crippen molar-refractivity contribution < 1.29 is 0 Å². The zero-order valence-corrected chi connectivity index (χ0v) is 11.6. The minimum atomic E-state index is 0. The summed E-state index contributed by atoms with van der Waals surface area (Å²) < 4.78 is 1.98. The van der Waals surface area contributed by atoms with Gasteiger partial charge in [0.25, 0.3) is 0 Å². The molecule has 0 unspecified atom stereocenters. The number of unbranched alkanes of at least 4 members (excludes halogenated alkanes) is 1. The van der Waals surface area contributed by atoms with Gasteiger partial charge in [0.05, 0.1) is 11.4 Å². The number of hydrogen-bond acceptors (Lipinski definition) is 2. The van der Waals surface area contributed by atoms with Gasteiger partial charge < -0.3 is 5.32 Å². The summed E-state index contributed by atoms with van der Waals surface area (Å²) in [7, 11) is 2.02. The molecule has 4 heteroatoms. The zero-order chi connectivity index (χ0) is 11.3. The van der Waals surface area contributed by atoms with E-state index in [2.05, 4.69) is 37.3 Å². The molecule has 0 radical (unpaired) electrons. The normalized spacial score (nSPS) is 10.6. The van der Waals surface area contributed by atoms with Crippen molar-refractivity contribution in [2.45, 2.75) is 46.1 Å². The summed E-state index contributed by atoms with van der Waals surface area (Å²) in [6, 6.07) is 2.20. The van der Waals surface area contributed by atoms with Crippen LogP contribution in [0.15, 0.2) is 6.07 Å². The molecular formula is C12H24ClN3. The summed E-state index contributed by atoms with van der Waals surface area (Å²) in [5, 5.41) is 7.92. The minimum Gasteiger partial charge on any atom is -0.311 e. The van der Waals surface area contributed by atoms with E-state index in [0.717, 1.165) is 13.1 Å². The van der Waals surface area contributed by atoms with Gasteiger partial charge in [0.1, 0.15) is 0 Å². The van der Waals surface area contributed by atoms with E-state index in [4.69, 9.17) is 0 Å². The fourth-order valence-electron chi connectivity index (χ4n) is 1.50. The van der Waals surface area contributed by atoms with Crippen molar-refractivity contribution >= 4 is 12.4 Å². The van der Waals surface area contributed by atoms with Gasteiger partial charge in [0.2, 0.25) is 0 Å². The first-order valence-corrected chi connectivity index (χ1v) is 5.88. The van der Waals surface area contributed by atoms with Crippen LogP contribution >= 0.6 is 12.4 Å². The quantitative estimate of drug-likeness (QED) is 0.782. The Hall–Kier alpha value is -0.540. The van der Waals surface area contributed by atoms with Gasteiger partial charge in [-0.2, -0.15) is 5.10 Å². The third-order valence-corrected chi connectivity index (χ3v) is 2.60. The lowest BCUT2D eigenvalue weighted by molar-refractivity contribution is 0.599. The average Bonchev–Trinajstić information content (AvgIpc) is 2.55. The fraction of sp³-hybridized carbons (Fsp3) is 0.750. The second-order valence-corrected chi connectivity index (χ2v) is 4.37. The maximum atomic E-state index is 4.49. The van der Waals surface area contributed by atoms with Crippen LogP contribution in [0.25, 0.3) is 0 Å². The average molecular weight is 246 g/mol. The molecule has 1 N–H and O–H groups in total. The summed E-state index contributed by atoms with van der Waals surface area (Å²) in [6.07, 6.45) is 2.49. The lowest BCUT2D eigenvalue weighted by Crippen LogP contribution is -2.16. The van der Waals surface area contributed by atoms with E-state index in [0.29, 0.717) is 5.92 Å². The first kappa shape index (κ1) is 15.5. The van der Waals surface area contributed by atoms with Crippen LogP contribution in [0.2, 0.25) is 0 Å². The van der Waals surface area contributed by atoms with Crippen LogP contribution in [-0.4, -0.2) is 16.3 Å². The Kier molecular flexibility index (Phi) is 7.43. The van der Waals surface area contributed by atoms with E-state index in [1.807, 2.05) is 11.7 Å². The van der Waals surface area contributed by atoms with Gasteiger partial charge in [-0.15, -0.1) is 12.4 Å². The molecular weight excluding hydrogens is 222 g/mol. The smallest absolute Gasteiger partial charge is 0.0653 e. The molecule has 1 aromatic rings. The van der Waals surface area contributed by atoms with Crippen LogP contribution in [0.5, 0.6) is 0 Å². The molecule has 3 nitrogen and oxygen atoms in total. The maximum Gasteiger partial charge on any atom is 0.0653 e. The Balaban J connectivity index is 0.00000225. The number of nitrogens with one attached hydrogen (secondary N) is 1. The van der Waals surface area contributed by atoms with Crippen molar-refractivity contribution in [3.8, 4) is 0 Å². The van der Waals surface area contributed by atoms with E-state index in [9.17, 15) is 0 Å². The molecule has 1 heterocycles. The van der Waals surface area contributed by atoms with Crippen LogP contribution in [0.4, 0.5) is 0 Å². The van der Waals surface area contributed by atoms with Crippen LogP contribution in [-0.2, 0) is 13.6 Å². The monoisotopic (exact) mass is 245 g/mol. The maximum absolute atomic E-state index is 4.49. The van der Waals surface area contributed by atoms with Crippen molar-refractivity contribution in [3.63, 3.8) is 0 Å². The molecule has 0 atom stereocenters.